The zero-order valence-corrected chi connectivity index (χ0v) is 25.5. The summed E-state index contributed by atoms with van der Waals surface area (Å²) in [6.07, 6.45) is 1.86. The first kappa shape index (κ1) is 30.0. The summed E-state index contributed by atoms with van der Waals surface area (Å²) in [7, 11) is 4.35. The highest BCUT2D eigenvalue weighted by atomic mass is 16.6. The quantitative estimate of drug-likeness (QED) is 0.319. The van der Waals surface area contributed by atoms with Gasteiger partial charge in [-0.15, -0.1) is 0 Å². The van der Waals surface area contributed by atoms with Crippen LogP contribution in [0.5, 0.6) is 11.6 Å². The smallest absolute Gasteiger partial charge is 0.410 e. The molecule has 230 valence electrons. The SMILES string of the molecule is COC(=O)c1cc(NC(=O)c2cc3ccc(OC)nc3n2CC2CC2)c(NCC2CN(C(=O)OC(C)(C)C)C2)c(OC)c1. The van der Waals surface area contributed by atoms with E-state index in [0.29, 0.717) is 66.4 Å². The van der Waals surface area contributed by atoms with Gasteiger partial charge in [-0.05, 0) is 63.8 Å². The van der Waals surface area contributed by atoms with Crippen molar-refractivity contribution in [2.45, 2.75) is 45.8 Å². The lowest BCUT2D eigenvalue weighted by atomic mass is 10.0. The Labute approximate surface area is 250 Å². The number of carbonyl (C=O) groups is 3. The number of esters is 1. The number of aromatic nitrogens is 2. The molecular weight excluding hydrogens is 554 g/mol. The normalized spacial score (nSPS) is 15.1. The predicted molar refractivity (Wildman–Crippen MR) is 161 cm³/mol. The van der Waals surface area contributed by atoms with E-state index in [2.05, 4.69) is 15.6 Å². The molecule has 5 rings (SSSR count). The van der Waals surface area contributed by atoms with Gasteiger partial charge in [0.05, 0.1) is 32.6 Å². The Morgan fingerprint density at radius 2 is 1.74 bits per heavy atom. The summed E-state index contributed by atoms with van der Waals surface area (Å²) < 4.78 is 23.3. The average Bonchev–Trinajstić information content (AvgIpc) is 3.69. The average molecular weight is 594 g/mol. The zero-order chi connectivity index (χ0) is 30.9. The van der Waals surface area contributed by atoms with Gasteiger partial charge in [0.15, 0.2) is 0 Å². The molecule has 2 N–H and O–H groups in total. The van der Waals surface area contributed by atoms with Crippen LogP contribution in [0, 0.1) is 11.8 Å². The van der Waals surface area contributed by atoms with Gasteiger partial charge in [0.25, 0.3) is 5.91 Å². The maximum atomic E-state index is 13.9. The van der Waals surface area contributed by atoms with Gasteiger partial charge in [0, 0.05) is 43.5 Å². The lowest BCUT2D eigenvalue weighted by molar-refractivity contribution is 0.000817. The van der Waals surface area contributed by atoms with Gasteiger partial charge in [-0.3, -0.25) is 4.79 Å². The molecule has 12 nitrogen and oxygen atoms in total. The third-order valence-corrected chi connectivity index (χ3v) is 7.47. The monoisotopic (exact) mass is 593 g/mol. The Morgan fingerprint density at radius 3 is 2.37 bits per heavy atom. The minimum Gasteiger partial charge on any atom is -0.494 e. The Bertz CT molecular complexity index is 1530. The number of methoxy groups -OCH3 is 3. The number of rotatable bonds is 10. The maximum absolute atomic E-state index is 13.9. The van der Waals surface area contributed by atoms with Crippen molar-refractivity contribution in [3.8, 4) is 11.6 Å². The van der Waals surface area contributed by atoms with Gasteiger partial charge in [-0.2, -0.15) is 4.98 Å². The molecule has 43 heavy (non-hydrogen) atoms. The molecule has 12 heteroatoms. The van der Waals surface area contributed by atoms with E-state index in [1.807, 2.05) is 37.5 Å². The molecule has 1 saturated carbocycles. The second-order valence-corrected chi connectivity index (χ2v) is 12.0. The molecule has 0 radical (unpaired) electrons. The van der Waals surface area contributed by atoms with E-state index in [-0.39, 0.29) is 23.5 Å². The van der Waals surface area contributed by atoms with Crippen LogP contribution in [-0.2, 0) is 16.0 Å². The molecule has 2 aliphatic rings. The fourth-order valence-electron chi connectivity index (χ4n) is 5.06. The lowest BCUT2D eigenvalue weighted by Gasteiger charge is -2.40. The van der Waals surface area contributed by atoms with Crippen molar-refractivity contribution in [2.24, 2.45) is 11.8 Å². The van der Waals surface area contributed by atoms with Gasteiger partial charge in [-0.1, -0.05) is 0 Å². The van der Waals surface area contributed by atoms with Crippen molar-refractivity contribution in [1.29, 1.82) is 0 Å². The number of nitrogens with one attached hydrogen (secondary N) is 2. The van der Waals surface area contributed by atoms with Crippen LogP contribution in [-0.4, -0.2) is 79.0 Å². The van der Waals surface area contributed by atoms with E-state index in [1.165, 1.54) is 14.2 Å². The molecule has 2 amide bonds. The molecule has 0 spiro atoms. The van der Waals surface area contributed by atoms with Crippen LogP contribution < -0.4 is 20.1 Å². The van der Waals surface area contributed by atoms with E-state index >= 15 is 0 Å². The first-order chi connectivity index (χ1) is 20.5. The molecule has 1 aromatic carbocycles. The number of nitrogens with zero attached hydrogens (tertiary/aromatic N) is 3. The van der Waals surface area contributed by atoms with Crippen molar-refractivity contribution in [1.82, 2.24) is 14.5 Å². The Kier molecular flexibility index (Phi) is 8.38. The molecular formula is C31H39N5O7. The number of fused-ring (bicyclic) bond motifs is 1. The van der Waals surface area contributed by atoms with Crippen LogP contribution in [0.1, 0.15) is 54.5 Å². The lowest BCUT2D eigenvalue weighted by Crippen LogP contribution is -2.53. The molecule has 3 aromatic rings. The second-order valence-electron chi connectivity index (χ2n) is 12.0. The molecule has 0 bridgehead atoms. The Balaban J connectivity index is 1.40. The van der Waals surface area contributed by atoms with Gasteiger partial charge in [-0.25, -0.2) is 9.59 Å². The number of ether oxygens (including phenoxy) is 4. The second kappa shape index (κ2) is 12.0. The number of pyridine rings is 1. The number of hydrogen-bond donors (Lipinski definition) is 2. The van der Waals surface area contributed by atoms with Crippen molar-refractivity contribution in [3.63, 3.8) is 0 Å². The third-order valence-electron chi connectivity index (χ3n) is 7.47. The van der Waals surface area contributed by atoms with Crippen molar-refractivity contribution >= 4 is 40.4 Å². The molecule has 2 fully saturated rings. The number of amides is 2. The van der Waals surface area contributed by atoms with Crippen LogP contribution in [0.25, 0.3) is 11.0 Å². The highest BCUT2D eigenvalue weighted by Crippen LogP contribution is 2.37. The number of anilines is 2. The number of benzene rings is 1. The summed E-state index contributed by atoms with van der Waals surface area (Å²) in [5.41, 5.74) is 1.67. The first-order valence-corrected chi connectivity index (χ1v) is 14.4. The van der Waals surface area contributed by atoms with Crippen molar-refractivity contribution < 1.29 is 33.3 Å². The molecule has 3 heterocycles. The van der Waals surface area contributed by atoms with Crippen LogP contribution in [0.15, 0.2) is 30.3 Å². The van der Waals surface area contributed by atoms with Gasteiger partial charge in [0.1, 0.15) is 28.4 Å². The number of hydrogen-bond acceptors (Lipinski definition) is 9. The number of likely N-dealkylation sites (tertiary alicyclic amines) is 1. The molecule has 1 aliphatic carbocycles. The van der Waals surface area contributed by atoms with Gasteiger partial charge in [0.2, 0.25) is 5.88 Å². The fraction of sp³-hybridized carbons (Fsp3) is 0.484. The summed E-state index contributed by atoms with van der Waals surface area (Å²) in [6, 6.07) is 8.60. The first-order valence-electron chi connectivity index (χ1n) is 14.4. The minimum atomic E-state index is -0.563. The Hall–Kier alpha value is -4.48. The van der Waals surface area contributed by atoms with Gasteiger partial charge >= 0.3 is 12.1 Å². The minimum absolute atomic E-state index is 0.156. The highest BCUT2D eigenvalue weighted by molar-refractivity contribution is 6.08. The van der Waals surface area contributed by atoms with Crippen LogP contribution in [0.2, 0.25) is 0 Å². The predicted octanol–water partition coefficient (Wildman–Crippen LogP) is 4.78. The number of carbonyl (C=O) groups excluding carboxylic acids is 3. The van der Waals surface area contributed by atoms with Crippen LogP contribution in [0.4, 0.5) is 16.2 Å². The topological polar surface area (TPSA) is 133 Å². The van der Waals surface area contributed by atoms with E-state index in [0.717, 1.165) is 18.2 Å². The molecule has 1 aliphatic heterocycles. The molecule has 0 atom stereocenters. The van der Waals surface area contributed by atoms with Crippen molar-refractivity contribution in [3.05, 3.63) is 41.6 Å². The standard InChI is InChI=1S/C31H39N5O7/c1-31(2,3)43-30(39)35-15-19(16-35)14-32-26-22(11-21(29(38)42-6)13-24(26)40-4)33-28(37)23-12-20-9-10-25(41-5)34-27(20)36(23)17-18-7-8-18/h9-13,18-19,32H,7-8,14-17H2,1-6H3,(H,33,37). The van der Waals surface area contributed by atoms with Crippen LogP contribution >= 0.6 is 0 Å². The summed E-state index contributed by atoms with van der Waals surface area (Å²) in [5, 5.41) is 7.20. The molecule has 1 saturated heterocycles. The highest BCUT2D eigenvalue weighted by Gasteiger charge is 2.34. The van der Waals surface area contributed by atoms with E-state index in [1.54, 1.807) is 30.2 Å². The van der Waals surface area contributed by atoms with E-state index < -0.39 is 11.6 Å². The van der Waals surface area contributed by atoms with Crippen molar-refractivity contribution in [2.75, 3.05) is 51.6 Å². The van der Waals surface area contributed by atoms with E-state index in [9.17, 15) is 14.4 Å². The Morgan fingerprint density at radius 1 is 1.00 bits per heavy atom. The summed E-state index contributed by atoms with van der Waals surface area (Å²) in [4.78, 5) is 45.0. The summed E-state index contributed by atoms with van der Waals surface area (Å²) in [5.74, 6) is 0.557. The van der Waals surface area contributed by atoms with E-state index in [4.69, 9.17) is 18.9 Å². The van der Waals surface area contributed by atoms with Gasteiger partial charge < -0.3 is 39.0 Å². The largest absolute Gasteiger partial charge is 0.494 e. The summed E-state index contributed by atoms with van der Waals surface area (Å²) >= 11 is 0. The third kappa shape index (κ3) is 6.79. The zero-order valence-electron chi connectivity index (χ0n) is 25.5. The fourth-order valence-corrected chi connectivity index (χ4v) is 5.06. The molecule has 0 unspecified atom stereocenters. The molecule has 2 aromatic heterocycles. The van der Waals surface area contributed by atoms with Crippen LogP contribution in [0.3, 0.4) is 0 Å². The summed E-state index contributed by atoms with van der Waals surface area (Å²) in [6.45, 7) is 7.74. The maximum Gasteiger partial charge on any atom is 0.410 e.